The molecule has 118 valence electrons. The number of amides is 2. The van der Waals surface area contributed by atoms with E-state index in [1.807, 2.05) is 0 Å². The summed E-state index contributed by atoms with van der Waals surface area (Å²) in [6.07, 6.45) is 3.41. The maximum absolute atomic E-state index is 12.7. The van der Waals surface area contributed by atoms with Crippen LogP contribution in [-0.4, -0.2) is 27.8 Å². The summed E-state index contributed by atoms with van der Waals surface area (Å²) in [5.74, 6) is -1.40. The van der Waals surface area contributed by atoms with Crippen LogP contribution in [0.2, 0.25) is 0 Å². The molecule has 22 heavy (non-hydrogen) atoms. The zero-order valence-corrected chi connectivity index (χ0v) is 12.4. The average Bonchev–Trinajstić information content (AvgIpc) is 3.06. The number of imide groups is 1. The molecule has 2 fully saturated rings. The first-order valence-electron chi connectivity index (χ1n) is 7.61. The van der Waals surface area contributed by atoms with Crippen molar-refractivity contribution in [2.24, 2.45) is 17.8 Å². The highest BCUT2D eigenvalue weighted by molar-refractivity contribution is 6.05. The highest BCUT2D eigenvalue weighted by atomic mass is 16.4. The second-order valence-electron chi connectivity index (χ2n) is 6.31. The number of rotatable bonds is 4. The number of nitrogens with zero attached hydrogens (tertiary/aromatic N) is 1. The third-order valence-corrected chi connectivity index (χ3v) is 4.77. The van der Waals surface area contributed by atoms with E-state index in [9.17, 15) is 14.4 Å². The lowest BCUT2D eigenvalue weighted by molar-refractivity contribution is -0.146. The Morgan fingerprint density at radius 2 is 2.09 bits per heavy atom. The molecular weight excluding hydrogens is 286 g/mol. The monoisotopic (exact) mass is 305 g/mol. The standard InChI is InChI=1S/C16H19NO5/c1-9-4-5-10-11(7-9)16(21)17(15(10)20)12(8-14(18)19)13-3-2-6-22-13/h2-3,6,9-12H,4-5,7-8H2,1H3,(H,18,19)/t9-,10+,11-,12+/m1/s1. The Morgan fingerprint density at radius 1 is 1.36 bits per heavy atom. The van der Waals surface area contributed by atoms with Crippen LogP contribution in [0.5, 0.6) is 0 Å². The fraction of sp³-hybridized carbons (Fsp3) is 0.562. The number of carboxylic acid groups (broad SMARTS) is 1. The minimum Gasteiger partial charge on any atom is -0.481 e. The van der Waals surface area contributed by atoms with Crippen LogP contribution >= 0.6 is 0 Å². The van der Waals surface area contributed by atoms with E-state index in [0.717, 1.165) is 11.3 Å². The van der Waals surface area contributed by atoms with Crippen LogP contribution in [0.15, 0.2) is 22.8 Å². The predicted molar refractivity (Wildman–Crippen MR) is 75.5 cm³/mol. The number of fused-ring (bicyclic) bond motifs is 1. The molecule has 1 saturated heterocycles. The Balaban J connectivity index is 1.92. The number of carbonyl (C=O) groups is 3. The van der Waals surface area contributed by atoms with Crippen LogP contribution in [-0.2, 0) is 14.4 Å². The van der Waals surface area contributed by atoms with Crippen LogP contribution in [0, 0.1) is 17.8 Å². The van der Waals surface area contributed by atoms with Crippen molar-refractivity contribution >= 4 is 17.8 Å². The maximum Gasteiger partial charge on any atom is 0.305 e. The molecule has 1 aliphatic heterocycles. The molecule has 2 heterocycles. The smallest absolute Gasteiger partial charge is 0.305 e. The molecule has 4 atom stereocenters. The molecule has 2 aliphatic rings. The minimum absolute atomic E-state index is 0.246. The van der Waals surface area contributed by atoms with Gasteiger partial charge in [-0.1, -0.05) is 6.92 Å². The lowest BCUT2D eigenvalue weighted by Crippen LogP contribution is -2.36. The van der Waals surface area contributed by atoms with Gasteiger partial charge in [-0.2, -0.15) is 0 Å². The third kappa shape index (κ3) is 2.42. The lowest BCUT2D eigenvalue weighted by Gasteiger charge is -2.25. The van der Waals surface area contributed by atoms with Crippen molar-refractivity contribution in [2.45, 2.75) is 38.6 Å². The fourth-order valence-corrected chi connectivity index (χ4v) is 3.69. The van der Waals surface area contributed by atoms with Crippen molar-refractivity contribution in [3.8, 4) is 0 Å². The molecular formula is C16H19NO5. The summed E-state index contributed by atoms with van der Waals surface area (Å²) >= 11 is 0. The van der Waals surface area contributed by atoms with E-state index < -0.39 is 12.0 Å². The number of carboxylic acids is 1. The molecule has 1 aromatic heterocycles. The van der Waals surface area contributed by atoms with Gasteiger partial charge in [-0.3, -0.25) is 19.3 Å². The van der Waals surface area contributed by atoms with Crippen molar-refractivity contribution in [3.05, 3.63) is 24.2 Å². The van der Waals surface area contributed by atoms with Crippen LogP contribution in [0.1, 0.15) is 44.4 Å². The first kappa shape index (κ1) is 14.8. The van der Waals surface area contributed by atoms with E-state index in [4.69, 9.17) is 9.52 Å². The Bertz CT molecular complexity index is 594. The summed E-state index contributed by atoms with van der Waals surface area (Å²) in [6.45, 7) is 2.08. The number of likely N-dealkylation sites (tertiary alicyclic amines) is 1. The second-order valence-corrected chi connectivity index (χ2v) is 6.31. The van der Waals surface area contributed by atoms with Crippen molar-refractivity contribution in [3.63, 3.8) is 0 Å². The number of hydrogen-bond acceptors (Lipinski definition) is 4. The van der Waals surface area contributed by atoms with Crippen molar-refractivity contribution < 1.29 is 23.9 Å². The molecule has 3 rings (SSSR count). The van der Waals surface area contributed by atoms with Crippen molar-refractivity contribution in [2.75, 3.05) is 0 Å². The summed E-state index contributed by atoms with van der Waals surface area (Å²) in [5.41, 5.74) is 0. The van der Waals surface area contributed by atoms with Gasteiger partial charge in [0.05, 0.1) is 24.5 Å². The number of aliphatic carboxylic acids is 1. The lowest BCUT2D eigenvalue weighted by atomic mass is 9.76. The average molecular weight is 305 g/mol. The maximum atomic E-state index is 12.7. The molecule has 1 saturated carbocycles. The van der Waals surface area contributed by atoms with Gasteiger partial charge in [0.15, 0.2) is 0 Å². The minimum atomic E-state index is -1.06. The summed E-state index contributed by atoms with van der Waals surface area (Å²) in [5, 5.41) is 9.13. The second kappa shape index (κ2) is 5.59. The van der Waals surface area contributed by atoms with Gasteiger partial charge in [0, 0.05) is 0 Å². The molecule has 6 heteroatoms. The Kier molecular flexibility index (Phi) is 3.76. The molecule has 1 aromatic rings. The first-order chi connectivity index (χ1) is 10.5. The Hall–Kier alpha value is -2.11. The van der Waals surface area contributed by atoms with Gasteiger partial charge < -0.3 is 9.52 Å². The number of carbonyl (C=O) groups excluding carboxylic acids is 2. The largest absolute Gasteiger partial charge is 0.481 e. The molecule has 0 unspecified atom stereocenters. The summed E-state index contributed by atoms with van der Waals surface area (Å²) in [6, 6.07) is 2.39. The van der Waals surface area contributed by atoms with Gasteiger partial charge in [-0.25, -0.2) is 0 Å². The molecule has 0 bridgehead atoms. The highest BCUT2D eigenvalue weighted by Crippen LogP contribution is 2.44. The van der Waals surface area contributed by atoms with E-state index in [-0.39, 0.29) is 30.1 Å². The van der Waals surface area contributed by atoms with Crippen LogP contribution in [0.3, 0.4) is 0 Å². The van der Waals surface area contributed by atoms with Gasteiger partial charge >= 0.3 is 5.97 Å². The first-order valence-corrected chi connectivity index (χ1v) is 7.61. The zero-order valence-electron chi connectivity index (χ0n) is 12.4. The van der Waals surface area contributed by atoms with Gasteiger partial charge in [-0.15, -0.1) is 0 Å². The SMILES string of the molecule is C[C@@H]1CC[C@@H]2C(=O)N([C@@H](CC(=O)O)c3ccco3)C(=O)[C@@H]2C1. The topological polar surface area (TPSA) is 87.8 Å². The summed E-state index contributed by atoms with van der Waals surface area (Å²) in [7, 11) is 0. The van der Waals surface area contributed by atoms with Gasteiger partial charge in [-0.05, 0) is 37.3 Å². The normalized spacial score (nSPS) is 29.5. The third-order valence-electron chi connectivity index (χ3n) is 4.77. The number of hydrogen-bond donors (Lipinski definition) is 1. The van der Waals surface area contributed by atoms with E-state index in [1.165, 1.54) is 6.26 Å². The Morgan fingerprint density at radius 3 is 2.73 bits per heavy atom. The van der Waals surface area contributed by atoms with Gasteiger partial charge in [0.25, 0.3) is 0 Å². The fourth-order valence-electron chi connectivity index (χ4n) is 3.69. The van der Waals surface area contributed by atoms with E-state index in [2.05, 4.69) is 6.92 Å². The quantitative estimate of drug-likeness (QED) is 0.862. The van der Waals surface area contributed by atoms with E-state index in [0.29, 0.717) is 24.5 Å². The summed E-state index contributed by atoms with van der Waals surface area (Å²) < 4.78 is 5.27. The van der Waals surface area contributed by atoms with Gasteiger partial charge in [0.2, 0.25) is 11.8 Å². The van der Waals surface area contributed by atoms with E-state index in [1.54, 1.807) is 12.1 Å². The van der Waals surface area contributed by atoms with Crippen LogP contribution < -0.4 is 0 Å². The van der Waals surface area contributed by atoms with Crippen molar-refractivity contribution in [1.29, 1.82) is 0 Å². The van der Waals surface area contributed by atoms with Gasteiger partial charge in [0.1, 0.15) is 11.8 Å². The molecule has 0 radical (unpaired) electrons. The number of furan rings is 1. The summed E-state index contributed by atoms with van der Waals surface area (Å²) in [4.78, 5) is 37.6. The van der Waals surface area contributed by atoms with E-state index >= 15 is 0 Å². The van der Waals surface area contributed by atoms with Crippen LogP contribution in [0.4, 0.5) is 0 Å². The van der Waals surface area contributed by atoms with Crippen LogP contribution in [0.25, 0.3) is 0 Å². The molecule has 0 spiro atoms. The molecule has 0 aromatic carbocycles. The predicted octanol–water partition coefficient (Wildman–Crippen LogP) is 2.22. The zero-order chi connectivity index (χ0) is 15.9. The molecule has 6 nitrogen and oxygen atoms in total. The molecule has 2 amide bonds. The Labute approximate surface area is 128 Å². The molecule has 1 N–H and O–H groups in total. The molecule has 1 aliphatic carbocycles. The van der Waals surface area contributed by atoms with Crippen molar-refractivity contribution in [1.82, 2.24) is 4.90 Å². The highest BCUT2D eigenvalue weighted by Gasteiger charge is 2.52.